The predicted octanol–water partition coefficient (Wildman–Crippen LogP) is 5.60. The number of hydrogen-bond donors (Lipinski definition) is 1. The highest BCUT2D eigenvalue weighted by molar-refractivity contribution is 6.01. The van der Waals surface area contributed by atoms with E-state index in [9.17, 15) is 24.3 Å². The summed E-state index contributed by atoms with van der Waals surface area (Å²) in [5.74, 6) is -2.28. The number of esters is 1. The molecule has 0 radical (unpaired) electrons. The average molecular weight is 577 g/mol. The Kier molecular flexibility index (Phi) is 9.46. The Hall–Kier alpha value is -2.55. The molecule has 0 aromatic rings. The molecule has 4 aliphatic rings. The fourth-order valence-electron chi connectivity index (χ4n) is 8.34. The van der Waals surface area contributed by atoms with Crippen LogP contribution in [0.3, 0.4) is 0 Å². The Balaban J connectivity index is 1.65. The van der Waals surface area contributed by atoms with Crippen LogP contribution < -0.4 is 0 Å². The van der Waals surface area contributed by atoms with Crippen molar-refractivity contribution in [3.8, 4) is 0 Å². The number of halogens is 1. The molecule has 1 N–H and O–H groups in total. The Morgan fingerprint density at radius 3 is 2.54 bits per heavy atom. The maximum absolute atomic E-state index is 15.7. The van der Waals surface area contributed by atoms with Gasteiger partial charge >= 0.3 is 12.1 Å². The lowest BCUT2D eigenvalue weighted by molar-refractivity contribution is -0.187. The molecule has 3 fully saturated rings. The lowest BCUT2D eigenvalue weighted by Crippen LogP contribution is -2.64. The van der Waals surface area contributed by atoms with Crippen molar-refractivity contribution in [1.29, 1.82) is 0 Å². The average Bonchev–Trinajstić information content (AvgIpc) is 3.21. The van der Waals surface area contributed by atoms with E-state index in [2.05, 4.69) is 0 Å². The van der Waals surface area contributed by atoms with E-state index >= 15 is 4.39 Å². The number of carbonyl (C=O) groups excluding carboxylic acids is 4. The van der Waals surface area contributed by atoms with E-state index in [0.717, 1.165) is 19.3 Å². The van der Waals surface area contributed by atoms with Crippen LogP contribution in [0.1, 0.15) is 91.9 Å². The van der Waals surface area contributed by atoms with Crippen LogP contribution in [0.25, 0.3) is 0 Å². The van der Waals surface area contributed by atoms with E-state index in [-0.39, 0.29) is 55.8 Å². The third-order valence-electron chi connectivity index (χ3n) is 10.4. The number of ether oxygens (including phenoxy) is 3. The van der Waals surface area contributed by atoms with Gasteiger partial charge in [-0.05, 0) is 68.1 Å². The zero-order valence-electron chi connectivity index (χ0n) is 24.8. The van der Waals surface area contributed by atoms with E-state index < -0.39 is 53.2 Å². The van der Waals surface area contributed by atoms with E-state index in [0.29, 0.717) is 24.8 Å². The van der Waals surface area contributed by atoms with Gasteiger partial charge in [-0.25, -0.2) is 9.18 Å². The summed E-state index contributed by atoms with van der Waals surface area (Å²) in [6.07, 6.45) is 6.14. The smallest absolute Gasteiger partial charge is 0.457 e. The highest BCUT2D eigenvalue weighted by atomic mass is 19.1. The molecular weight excluding hydrogens is 531 g/mol. The van der Waals surface area contributed by atoms with Crippen LogP contribution in [-0.2, 0) is 28.6 Å². The van der Waals surface area contributed by atoms with Crippen LogP contribution in [0.5, 0.6) is 0 Å². The molecule has 8 nitrogen and oxygen atoms in total. The van der Waals surface area contributed by atoms with Crippen molar-refractivity contribution in [1.82, 2.24) is 0 Å². The molecule has 0 saturated heterocycles. The van der Waals surface area contributed by atoms with Crippen LogP contribution in [-0.4, -0.2) is 59.9 Å². The van der Waals surface area contributed by atoms with Crippen molar-refractivity contribution < 1.29 is 42.9 Å². The number of unbranched alkanes of at least 4 members (excludes halogenated alkanes) is 3. The maximum atomic E-state index is 15.7. The monoisotopic (exact) mass is 576 g/mol. The van der Waals surface area contributed by atoms with Crippen LogP contribution in [0.15, 0.2) is 23.8 Å². The van der Waals surface area contributed by atoms with Gasteiger partial charge in [-0.2, -0.15) is 0 Å². The fourth-order valence-corrected chi connectivity index (χ4v) is 8.34. The number of alkyl halides is 1. The number of aliphatic hydroxyl groups is 1. The number of allylic oxidation sites excluding steroid dienone is 4. The zero-order valence-corrected chi connectivity index (χ0v) is 24.8. The first-order valence-corrected chi connectivity index (χ1v) is 15.3. The SMILES string of the molecule is CCCCCOC(=O)O[C@]1(C(=O)COC(=O)CCCC)CC[C@H]2[C@@H]3C[C@H](F)C4=CC(=O)C=C[C@]4(C)[C@H]3C(O)C[C@@]21C. The van der Waals surface area contributed by atoms with Crippen molar-refractivity contribution in [2.45, 2.75) is 110 Å². The largest absolute Gasteiger partial charge is 0.509 e. The van der Waals surface area contributed by atoms with Crippen molar-refractivity contribution in [2.24, 2.45) is 28.6 Å². The molecular formula is C32H45FO8. The van der Waals surface area contributed by atoms with E-state index in [1.54, 1.807) is 6.08 Å². The summed E-state index contributed by atoms with van der Waals surface area (Å²) in [4.78, 5) is 51.3. The number of hydrogen-bond acceptors (Lipinski definition) is 8. The Bertz CT molecular complexity index is 1100. The summed E-state index contributed by atoms with van der Waals surface area (Å²) in [6, 6.07) is 0. The summed E-state index contributed by atoms with van der Waals surface area (Å²) in [7, 11) is 0. The molecule has 0 bridgehead atoms. The van der Waals surface area contributed by atoms with Crippen molar-refractivity contribution in [3.63, 3.8) is 0 Å². The first kappa shape index (κ1) is 31.4. The molecule has 1 unspecified atom stereocenters. The third-order valence-corrected chi connectivity index (χ3v) is 10.4. The summed E-state index contributed by atoms with van der Waals surface area (Å²) in [6.45, 7) is 7.26. The molecule has 8 atom stereocenters. The highest BCUT2D eigenvalue weighted by Crippen LogP contribution is 2.68. The first-order valence-electron chi connectivity index (χ1n) is 15.3. The Morgan fingerprint density at radius 2 is 1.83 bits per heavy atom. The molecule has 0 aromatic carbocycles. The molecule has 228 valence electrons. The zero-order chi connectivity index (χ0) is 30.0. The predicted molar refractivity (Wildman–Crippen MR) is 148 cm³/mol. The van der Waals surface area contributed by atoms with Crippen molar-refractivity contribution in [3.05, 3.63) is 23.8 Å². The van der Waals surface area contributed by atoms with Gasteiger partial charge < -0.3 is 19.3 Å². The second-order valence-electron chi connectivity index (χ2n) is 12.8. The number of Topliss-reactive ketones (excluding diaryl/α,β-unsaturated/α-hetero) is 1. The number of carbonyl (C=O) groups is 4. The van der Waals surface area contributed by atoms with Gasteiger partial charge in [-0.3, -0.25) is 14.4 Å². The van der Waals surface area contributed by atoms with E-state index in [1.165, 1.54) is 12.2 Å². The number of fused-ring (bicyclic) bond motifs is 5. The van der Waals surface area contributed by atoms with Gasteiger partial charge in [0.05, 0.1) is 12.7 Å². The molecule has 0 aliphatic heterocycles. The molecule has 0 aromatic heterocycles. The topological polar surface area (TPSA) is 116 Å². The van der Waals surface area contributed by atoms with Crippen LogP contribution in [0.4, 0.5) is 9.18 Å². The minimum Gasteiger partial charge on any atom is -0.457 e. The summed E-state index contributed by atoms with van der Waals surface area (Å²) < 4.78 is 32.3. The van der Waals surface area contributed by atoms with Crippen molar-refractivity contribution in [2.75, 3.05) is 13.2 Å². The molecule has 0 heterocycles. The third kappa shape index (κ3) is 5.63. The summed E-state index contributed by atoms with van der Waals surface area (Å²) in [5, 5.41) is 11.7. The first-order chi connectivity index (χ1) is 19.4. The van der Waals surface area contributed by atoms with Crippen LogP contribution >= 0.6 is 0 Å². The van der Waals surface area contributed by atoms with E-state index in [1.807, 2.05) is 27.7 Å². The van der Waals surface area contributed by atoms with Crippen LogP contribution in [0, 0.1) is 28.6 Å². The standard InChI is InChI=1S/C32H45FO8/c1-5-7-9-15-39-29(38)41-32(26(36)19-40-27(37)10-8-6-2)14-12-22-21-17-24(33)23-16-20(34)11-13-30(23,3)28(21)25(35)18-31(22,32)4/h11,13,16,21-22,24-25,28,35H,5-10,12,14-15,17-19H2,1-4H3/t21-,22-,24-,25?,28+,30-,31-,32-/m0/s1. The Labute approximate surface area is 242 Å². The van der Waals surface area contributed by atoms with E-state index in [4.69, 9.17) is 14.2 Å². The highest BCUT2D eigenvalue weighted by Gasteiger charge is 2.71. The minimum absolute atomic E-state index is 0.0995. The van der Waals surface area contributed by atoms with Gasteiger partial charge in [0.2, 0.25) is 5.78 Å². The van der Waals surface area contributed by atoms with Crippen molar-refractivity contribution >= 4 is 23.7 Å². The molecule has 3 saturated carbocycles. The summed E-state index contributed by atoms with van der Waals surface area (Å²) >= 11 is 0. The second-order valence-corrected chi connectivity index (χ2v) is 12.8. The minimum atomic E-state index is -1.70. The number of ketones is 2. The Morgan fingerprint density at radius 1 is 1.10 bits per heavy atom. The molecule has 9 heteroatoms. The number of aliphatic hydroxyl groups excluding tert-OH is 1. The molecule has 41 heavy (non-hydrogen) atoms. The van der Waals surface area contributed by atoms with Gasteiger partial charge in [0, 0.05) is 23.2 Å². The van der Waals surface area contributed by atoms with Gasteiger partial charge in [-0.1, -0.05) is 53.0 Å². The molecule has 0 spiro atoms. The maximum Gasteiger partial charge on any atom is 0.509 e. The summed E-state index contributed by atoms with van der Waals surface area (Å²) in [5.41, 5.74) is -3.20. The van der Waals surface area contributed by atoms with Gasteiger partial charge in [-0.15, -0.1) is 0 Å². The normalized spacial score (nSPS) is 37.4. The number of rotatable bonds is 11. The quantitative estimate of drug-likeness (QED) is 0.250. The molecule has 4 aliphatic carbocycles. The van der Waals surface area contributed by atoms with Gasteiger partial charge in [0.1, 0.15) is 6.17 Å². The fraction of sp³-hybridized carbons (Fsp3) is 0.750. The van der Waals surface area contributed by atoms with Gasteiger partial charge in [0.25, 0.3) is 0 Å². The lowest BCUT2D eigenvalue weighted by atomic mass is 9.46. The van der Waals surface area contributed by atoms with Gasteiger partial charge in [0.15, 0.2) is 18.0 Å². The van der Waals surface area contributed by atoms with Crippen LogP contribution in [0.2, 0.25) is 0 Å². The lowest BCUT2D eigenvalue weighted by Gasteiger charge is -2.60. The second kappa shape index (κ2) is 12.4. The molecule has 4 rings (SSSR count). The molecule has 0 amide bonds.